The molecule has 126 valence electrons. The fraction of sp³-hybridized carbons (Fsp3) is 0.500. The number of hydrogen-bond acceptors (Lipinski definition) is 5. The van der Waals surface area contributed by atoms with Crippen LogP contribution in [0, 0.1) is 30.6 Å². The van der Waals surface area contributed by atoms with Crippen molar-refractivity contribution in [2.24, 2.45) is 23.7 Å². The van der Waals surface area contributed by atoms with Gasteiger partial charge < -0.3 is 9.47 Å². The molecule has 2 saturated carbocycles. The number of ether oxygens (including phenoxy) is 2. The first-order valence-electron chi connectivity index (χ1n) is 8.08. The van der Waals surface area contributed by atoms with Gasteiger partial charge in [0.05, 0.1) is 16.7 Å². The van der Waals surface area contributed by atoms with E-state index in [-0.39, 0.29) is 41.1 Å². The first-order valence-corrected chi connectivity index (χ1v) is 9.00. The molecule has 3 fully saturated rings. The minimum Gasteiger partial charge on any atom is -0.461 e. The summed E-state index contributed by atoms with van der Waals surface area (Å²) >= 11 is 3.56. The van der Waals surface area contributed by atoms with Crippen LogP contribution < -0.4 is 0 Å². The summed E-state index contributed by atoms with van der Waals surface area (Å²) < 4.78 is 10.6. The number of Topliss-reactive ketones (excluding diaryl/α,β-unsaturated/α-hetero) is 1. The number of aryl methyl sites for hydroxylation is 1. The van der Waals surface area contributed by atoms with E-state index in [1.54, 1.807) is 12.1 Å². The van der Waals surface area contributed by atoms with Gasteiger partial charge in [0.2, 0.25) is 0 Å². The number of carbonyl (C=O) groups excluding carboxylic acids is 3. The maximum absolute atomic E-state index is 12.5. The van der Waals surface area contributed by atoms with E-state index in [1.165, 1.54) is 0 Å². The van der Waals surface area contributed by atoms with Crippen LogP contribution in [0.25, 0.3) is 0 Å². The molecule has 0 aromatic heterocycles. The Kier molecular flexibility index (Phi) is 3.75. The fourth-order valence-corrected chi connectivity index (χ4v) is 5.39. The third-order valence-electron chi connectivity index (χ3n) is 5.51. The van der Waals surface area contributed by atoms with Crippen LogP contribution >= 0.6 is 15.9 Å². The van der Waals surface area contributed by atoms with E-state index in [2.05, 4.69) is 15.9 Å². The van der Waals surface area contributed by atoms with Gasteiger partial charge in [-0.25, -0.2) is 0 Å². The van der Waals surface area contributed by atoms with E-state index in [9.17, 15) is 14.4 Å². The largest absolute Gasteiger partial charge is 0.461 e. The Morgan fingerprint density at radius 3 is 2.67 bits per heavy atom. The Morgan fingerprint density at radius 2 is 1.96 bits per heavy atom. The maximum atomic E-state index is 12.5. The second kappa shape index (κ2) is 5.69. The summed E-state index contributed by atoms with van der Waals surface area (Å²) in [5.41, 5.74) is 1.57. The lowest BCUT2D eigenvalue weighted by Crippen LogP contribution is -2.39. The Bertz CT molecular complexity index is 713. The highest BCUT2D eigenvalue weighted by atomic mass is 79.9. The molecule has 5 nitrogen and oxygen atoms in total. The van der Waals surface area contributed by atoms with Gasteiger partial charge in [-0.05, 0) is 19.3 Å². The molecule has 2 bridgehead atoms. The molecule has 1 heterocycles. The van der Waals surface area contributed by atoms with Crippen LogP contribution in [0.15, 0.2) is 24.3 Å². The standard InChI is InChI=1S/C18H17BrO5/c1-8-2-4-9(5-3-8)12(20)7-23-17(21)13-10-6-11-14(13)18(22)24-16(11)15(10)19/h2-5,10-11,13-16H,6-7H2,1H3/t10-,11+,13-,14-,15+,16-/m0/s1. The van der Waals surface area contributed by atoms with Crippen LogP contribution in [0.1, 0.15) is 22.3 Å². The van der Waals surface area contributed by atoms with Crippen molar-refractivity contribution in [2.45, 2.75) is 24.3 Å². The molecule has 24 heavy (non-hydrogen) atoms. The highest BCUT2D eigenvalue weighted by Crippen LogP contribution is 2.60. The second-order valence-corrected chi connectivity index (χ2v) is 7.92. The number of carbonyl (C=O) groups is 3. The Hall–Kier alpha value is -1.69. The van der Waals surface area contributed by atoms with Gasteiger partial charge in [0, 0.05) is 11.5 Å². The first-order chi connectivity index (χ1) is 11.5. The number of halogens is 1. The van der Waals surface area contributed by atoms with E-state index >= 15 is 0 Å². The lowest BCUT2D eigenvalue weighted by molar-refractivity contribution is -0.154. The van der Waals surface area contributed by atoms with Gasteiger partial charge in [-0.15, -0.1) is 0 Å². The van der Waals surface area contributed by atoms with Crippen molar-refractivity contribution >= 4 is 33.7 Å². The highest BCUT2D eigenvalue weighted by Gasteiger charge is 2.68. The number of esters is 2. The van der Waals surface area contributed by atoms with Gasteiger partial charge in [0.25, 0.3) is 0 Å². The smallest absolute Gasteiger partial charge is 0.310 e. The Morgan fingerprint density at radius 1 is 1.25 bits per heavy atom. The summed E-state index contributed by atoms with van der Waals surface area (Å²) in [5.74, 6) is -1.78. The minimum absolute atomic E-state index is 0.00412. The monoisotopic (exact) mass is 392 g/mol. The molecule has 6 atom stereocenters. The van der Waals surface area contributed by atoms with Gasteiger partial charge in [0.1, 0.15) is 6.10 Å². The van der Waals surface area contributed by atoms with Gasteiger partial charge in [-0.3, -0.25) is 14.4 Å². The van der Waals surface area contributed by atoms with E-state index < -0.39 is 17.8 Å². The van der Waals surface area contributed by atoms with E-state index in [0.717, 1.165) is 12.0 Å². The molecule has 0 amide bonds. The highest BCUT2D eigenvalue weighted by molar-refractivity contribution is 9.09. The molecule has 4 rings (SSSR count). The normalized spacial score (nSPS) is 35.8. The van der Waals surface area contributed by atoms with Crippen LogP contribution in [0.4, 0.5) is 0 Å². The summed E-state index contributed by atoms with van der Waals surface area (Å²) in [6.45, 7) is 1.64. The average molecular weight is 393 g/mol. The average Bonchev–Trinajstić information content (AvgIpc) is 3.17. The lowest BCUT2D eigenvalue weighted by atomic mass is 9.80. The molecule has 2 aliphatic carbocycles. The van der Waals surface area contributed by atoms with Crippen molar-refractivity contribution < 1.29 is 23.9 Å². The van der Waals surface area contributed by atoms with Crippen molar-refractivity contribution in [3.05, 3.63) is 35.4 Å². The van der Waals surface area contributed by atoms with Crippen LogP contribution in [-0.4, -0.2) is 35.3 Å². The molecule has 1 aromatic carbocycles. The van der Waals surface area contributed by atoms with Gasteiger partial charge in [0.15, 0.2) is 12.4 Å². The summed E-state index contributed by atoms with van der Waals surface area (Å²) in [7, 11) is 0. The zero-order valence-electron chi connectivity index (χ0n) is 13.1. The van der Waals surface area contributed by atoms with E-state index in [0.29, 0.717) is 5.56 Å². The zero-order chi connectivity index (χ0) is 17.0. The fourth-order valence-electron chi connectivity index (χ4n) is 4.35. The van der Waals surface area contributed by atoms with Crippen LogP contribution in [-0.2, 0) is 19.1 Å². The number of rotatable bonds is 4. The molecule has 0 N–H and O–H groups in total. The summed E-state index contributed by atoms with van der Waals surface area (Å²) in [6.07, 6.45) is 0.675. The SMILES string of the molecule is Cc1ccc(C(=O)COC(=O)[C@H]2[C@@H]3C[C@H]4[C@H](OC(=O)[C@@H]42)[C@@H]3Br)cc1. The summed E-state index contributed by atoms with van der Waals surface area (Å²) in [5, 5.41) is 0. The third kappa shape index (κ3) is 2.31. The number of hydrogen-bond donors (Lipinski definition) is 0. The number of alkyl halides is 1. The molecular formula is C18H17BrO5. The zero-order valence-corrected chi connectivity index (χ0v) is 14.7. The van der Waals surface area contributed by atoms with Crippen molar-refractivity contribution in [3.8, 4) is 0 Å². The van der Waals surface area contributed by atoms with E-state index in [1.807, 2.05) is 19.1 Å². The molecular weight excluding hydrogens is 376 g/mol. The van der Waals surface area contributed by atoms with Crippen LogP contribution in [0.2, 0.25) is 0 Å². The van der Waals surface area contributed by atoms with Crippen LogP contribution in [0.3, 0.4) is 0 Å². The van der Waals surface area contributed by atoms with E-state index in [4.69, 9.17) is 9.47 Å². The molecule has 6 heteroatoms. The summed E-state index contributed by atoms with van der Waals surface area (Å²) in [4.78, 5) is 36.7. The molecule has 0 unspecified atom stereocenters. The number of benzene rings is 1. The van der Waals surface area contributed by atoms with Crippen molar-refractivity contribution in [1.82, 2.24) is 0 Å². The van der Waals surface area contributed by atoms with Gasteiger partial charge in [-0.2, -0.15) is 0 Å². The molecule has 1 aliphatic heterocycles. The molecule has 0 spiro atoms. The molecule has 3 aliphatic rings. The minimum atomic E-state index is -0.503. The van der Waals surface area contributed by atoms with Crippen molar-refractivity contribution in [3.63, 3.8) is 0 Å². The Labute approximate surface area is 147 Å². The Balaban J connectivity index is 1.43. The number of ketones is 1. The molecule has 1 saturated heterocycles. The lowest BCUT2D eigenvalue weighted by Gasteiger charge is -2.26. The quantitative estimate of drug-likeness (QED) is 0.446. The van der Waals surface area contributed by atoms with Crippen molar-refractivity contribution in [2.75, 3.05) is 6.61 Å². The van der Waals surface area contributed by atoms with Gasteiger partial charge in [-0.1, -0.05) is 45.8 Å². The van der Waals surface area contributed by atoms with Gasteiger partial charge >= 0.3 is 11.9 Å². The van der Waals surface area contributed by atoms with Crippen LogP contribution in [0.5, 0.6) is 0 Å². The molecule has 0 radical (unpaired) electrons. The van der Waals surface area contributed by atoms with Crippen molar-refractivity contribution in [1.29, 1.82) is 0 Å². The topological polar surface area (TPSA) is 69.7 Å². The number of fused-ring (bicyclic) bond motifs is 1. The predicted octanol–water partition coefficient (Wildman–Crippen LogP) is 2.29. The predicted molar refractivity (Wildman–Crippen MR) is 87.6 cm³/mol. The third-order valence-corrected chi connectivity index (χ3v) is 6.71. The molecule has 1 aromatic rings. The first kappa shape index (κ1) is 15.8. The maximum Gasteiger partial charge on any atom is 0.310 e. The summed E-state index contributed by atoms with van der Waals surface area (Å²) in [6, 6.07) is 7.12. The second-order valence-electron chi connectivity index (χ2n) is 6.86.